The Balaban J connectivity index is 2.55. The van der Waals surface area contributed by atoms with Gasteiger partial charge in [-0.3, -0.25) is 14.4 Å². The molecule has 1 aromatic heterocycles. The number of benzene rings is 1. The van der Waals surface area contributed by atoms with Crippen LogP contribution < -0.4 is 4.80 Å². The topological polar surface area (TPSA) is 112 Å². The van der Waals surface area contributed by atoms with Crippen LogP contribution in [0.25, 0.3) is 10.2 Å². The number of methoxy groups -OCH3 is 1. The van der Waals surface area contributed by atoms with E-state index in [2.05, 4.69) is 25.7 Å². The minimum atomic E-state index is -4.18. The fourth-order valence-electron chi connectivity index (χ4n) is 1.88. The lowest BCUT2D eigenvalue weighted by molar-refractivity contribution is -0.141. The zero-order chi connectivity index (χ0) is 18.8. The highest BCUT2D eigenvalue weighted by Crippen LogP contribution is 2.22. The molecule has 1 aromatic carbocycles. The third kappa shape index (κ3) is 4.61. The predicted molar refractivity (Wildman–Crippen MR) is 94.6 cm³/mol. The number of nitrogens with zero attached hydrogens (tertiary/aromatic N) is 2. The van der Waals surface area contributed by atoms with Gasteiger partial charge in [-0.05, 0) is 18.2 Å². The molecule has 0 aliphatic rings. The SMILES string of the molecule is COC(=O)Cn1c(=NC(=O)CS(=O)(=O)C(C)=O)sc2cc(Br)ccc21. The van der Waals surface area contributed by atoms with Gasteiger partial charge in [0, 0.05) is 11.4 Å². The van der Waals surface area contributed by atoms with Gasteiger partial charge in [-0.15, -0.1) is 0 Å². The number of halogens is 1. The summed E-state index contributed by atoms with van der Waals surface area (Å²) in [4.78, 5) is 38.5. The molecule has 0 fully saturated rings. The van der Waals surface area contributed by atoms with Gasteiger partial charge in [0.1, 0.15) is 12.3 Å². The number of fused-ring (bicyclic) bond motifs is 1. The summed E-state index contributed by atoms with van der Waals surface area (Å²) in [6.45, 7) is 0.681. The van der Waals surface area contributed by atoms with Crippen molar-refractivity contribution in [1.29, 1.82) is 0 Å². The van der Waals surface area contributed by atoms with Crippen LogP contribution in [0.4, 0.5) is 0 Å². The molecule has 0 saturated heterocycles. The van der Waals surface area contributed by atoms with Gasteiger partial charge in [-0.25, -0.2) is 8.42 Å². The number of aromatic nitrogens is 1. The summed E-state index contributed by atoms with van der Waals surface area (Å²) >= 11 is 4.44. The van der Waals surface area contributed by atoms with Crippen LogP contribution in [-0.2, 0) is 35.5 Å². The Kier molecular flexibility index (Phi) is 5.91. The quantitative estimate of drug-likeness (QED) is 0.645. The lowest BCUT2D eigenvalue weighted by atomic mass is 10.3. The predicted octanol–water partition coefficient (Wildman–Crippen LogP) is 1.03. The van der Waals surface area contributed by atoms with E-state index in [9.17, 15) is 22.8 Å². The van der Waals surface area contributed by atoms with Gasteiger partial charge < -0.3 is 9.30 Å². The largest absolute Gasteiger partial charge is 0.468 e. The maximum absolute atomic E-state index is 12.0. The number of esters is 1. The molecular weight excluding hydrogens is 436 g/mol. The Bertz CT molecular complexity index is 1040. The molecule has 1 amide bonds. The van der Waals surface area contributed by atoms with Crippen molar-refractivity contribution in [3.63, 3.8) is 0 Å². The molecule has 25 heavy (non-hydrogen) atoms. The maximum Gasteiger partial charge on any atom is 0.325 e. The van der Waals surface area contributed by atoms with E-state index in [1.54, 1.807) is 18.2 Å². The molecule has 1 heterocycles. The maximum atomic E-state index is 12.0. The van der Waals surface area contributed by atoms with E-state index in [0.29, 0.717) is 5.52 Å². The number of hydrogen-bond acceptors (Lipinski definition) is 7. The average Bonchev–Trinajstić information content (AvgIpc) is 2.82. The summed E-state index contributed by atoms with van der Waals surface area (Å²) in [5, 5.41) is -1.10. The Labute approximate surface area is 155 Å². The molecule has 134 valence electrons. The zero-order valence-electron chi connectivity index (χ0n) is 13.2. The molecule has 0 saturated carbocycles. The fourth-order valence-corrected chi connectivity index (χ4v) is 4.07. The number of carbonyl (C=O) groups excluding carboxylic acids is 3. The number of thiazole rings is 1. The van der Waals surface area contributed by atoms with E-state index in [4.69, 9.17) is 0 Å². The van der Waals surface area contributed by atoms with Gasteiger partial charge in [0.25, 0.3) is 5.91 Å². The minimum Gasteiger partial charge on any atom is -0.468 e. The molecule has 0 bridgehead atoms. The van der Waals surface area contributed by atoms with E-state index >= 15 is 0 Å². The number of sulfone groups is 1. The monoisotopic (exact) mass is 448 g/mol. The molecule has 2 rings (SSSR count). The van der Waals surface area contributed by atoms with Crippen LogP contribution >= 0.6 is 27.3 Å². The van der Waals surface area contributed by atoms with Gasteiger partial charge in [-0.1, -0.05) is 27.3 Å². The van der Waals surface area contributed by atoms with Crippen LogP contribution in [0.15, 0.2) is 27.7 Å². The van der Waals surface area contributed by atoms with Crippen molar-refractivity contribution < 1.29 is 27.5 Å². The molecule has 0 aliphatic carbocycles. The Hall–Kier alpha value is -1.85. The third-order valence-corrected chi connectivity index (χ3v) is 6.17. The van der Waals surface area contributed by atoms with Crippen LogP contribution in [0.1, 0.15) is 6.92 Å². The van der Waals surface area contributed by atoms with Crippen molar-refractivity contribution in [3.05, 3.63) is 27.5 Å². The number of carbonyl (C=O) groups is 3. The third-order valence-electron chi connectivity index (χ3n) is 3.13. The molecule has 0 radical (unpaired) electrons. The summed E-state index contributed by atoms with van der Waals surface area (Å²) in [6.07, 6.45) is 0. The van der Waals surface area contributed by atoms with Crippen molar-refractivity contribution in [3.8, 4) is 0 Å². The first kappa shape index (κ1) is 19.5. The minimum absolute atomic E-state index is 0.141. The first-order valence-corrected chi connectivity index (χ1v) is 10.1. The van der Waals surface area contributed by atoms with Gasteiger partial charge in [0.15, 0.2) is 4.80 Å². The molecule has 2 aromatic rings. The van der Waals surface area contributed by atoms with E-state index < -0.39 is 32.6 Å². The summed E-state index contributed by atoms with van der Waals surface area (Å²) in [5.74, 6) is -2.55. The first-order chi connectivity index (χ1) is 11.6. The van der Waals surface area contributed by atoms with Gasteiger partial charge in [0.05, 0.1) is 17.3 Å². The number of hydrogen-bond donors (Lipinski definition) is 0. The lowest BCUT2D eigenvalue weighted by Gasteiger charge is -2.03. The van der Waals surface area contributed by atoms with Gasteiger partial charge >= 0.3 is 5.97 Å². The summed E-state index contributed by atoms with van der Waals surface area (Å²) < 4.78 is 30.7. The van der Waals surface area contributed by atoms with Crippen LogP contribution in [0.3, 0.4) is 0 Å². The molecule has 0 unspecified atom stereocenters. The van der Waals surface area contributed by atoms with Crippen LogP contribution in [0.2, 0.25) is 0 Å². The standard InChI is InChI=1S/C14H13BrN2O6S2/c1-8(18)25(21,22)7-12(19)16-14-17(6-13(20)23-2)10-4-3-9(15)5-11(10)24-14/h3-5H,6-7H2,1-2H3. The Morgan fingerprint density at radius 1 is 1.32 bits per heavy atom. The van der Waals surface area contributed by atoms with Crippen molar-refractivity contribution in [2.24, 2.45) is 4.99 Å². The van der Waals surface area contributed by atoms with Crippen LogP contribution in [0.5, 0.6) is 0 Å². The molecular formula is C14H13BrN2O6S2. The number of amides is 1. The molecule has 0 N–H and O–H groups in total. The smallest absolute Gasteiger partial charge is 0.325 e. The molecule has 0 aliphatic heterocycles. The van der Waals surface area contributed by atoms with Crippen LogP contribution in [0, 0.1) is 0 Å². The first-order valence-electron chi connectivity index (χ1n) is 6.80. The highest BCUT2D eigenvalue weighted by atomic mass is 79.9. The van der Waals surface area contributed by atoms with E-state index in [1.807, 2.05) is 0 Å². The van der Waals surface area contributed by atoms with E-state index in [0.717, 1.165) is 27.4 Å². The number of rotatable bonds is 4. The second kappa shape index (κ2) is 7.58. The molecule has 0 spiro atoms. The van der Waals surface area contributed by atoms with Gasteiger partial charge in [0.2, 0.25) is 15.0 Å². The second-order valence-corrected chi connectivity index (χ2v) is 8.93. The fraction of sp³-hybridized carbons (Fsp3) is 0.286. The number of ether oxygens (including phenoxy) is 1. The molecule has 8 nitrogen and oxygen atoms in total. The normalized spacial score (nSPS) is 12.4. The van der Waals surface area contributed by atoms with Gasteiger partial charge in [-0.2, -0.15) is 4.99 Å². The van der Waals surface area contributed by atoms with Crippen molar-refractivity contribution in [1.82, 2.24) is 4.57 Å². The van der Waals surface area contributed by atoms with E-state index in [1.165, 1.54) is 11.7 Å². The second-order valence-electron chi connectivity index (χ2n) is 4.92. The highest BCUT2D eigenvalue weighted by molar-refractivity contribution is 9.10. The van der Waals surface area contributed by atoms with Crippen molar-refractivity contribution >= 4 is 64.3 Å². The highest BCUT2D eigenvalue weighted by Gasteiger charge is 2.22. The summed E-state index contributed by atoms with van der Waals surface area (Å²) in [5.41, 5.74) is 0.638. The molecule has 11 heteroatoms. The van der Waals surface area contributed by atoms with Crippen LogP contribution in [-0.4, -0.2) is 42.8 Å². The summed E-state index contributed by atoms with van der Waals surface area (Å²) in [7, 11) is -2.95. The van der Waals surface area contributed by atoms with Crippen molar-refractivity contribution in [2.75, 3.05) is 12.9 Å². The summed E-state index contributed by atoms with van der Waals surface area (Å²) in [6, 6.07) is 5.27. The molecule has 0 atom stereocenters. The average molecular weight is 449 g/mol. The lowest BCUT2D eigenvalue weighted by Crippen LogP contribution is -2.25. The Morgan fingerprint density at radius 3 is 2.60 bits per heavy atom. The van der Waals surface area contributed by atoms with E-state index in [-0.39, 0.29) is 11.3 Å². The zero-order valence-corrected chi connectivity index (χ0v) is 16.4. The van der Waals surface area contributed by atoms with Crippen molar-refractivity contribution in [2.45, 2.75) is 13.5 Å². The Morgan fingerprint density at radius 2 is 2.00 bits per heavy atom.